The van der Waals surface area contributed by atoms with E-state index >= 15 is 0 Å². The van der Waals surface area contributed by atoms with Gasteiger partial charge in [-0.25, -0.2) is 4.39 Å². The van der Waals surface area contributed by atoms with E-state index in [0.717, 1.165) is 0 Å². The van der Waals surface area contributed by atoms with E-state index < -0.39 is 5.97 Å². The Morgan fingerprint density at radius 3 is 2.43 bits per heavy atom. The van der Waals surface area contributed by atoms with E-state index in [1.165, 1.54) is 13.2 Å². The number of hydrogen-bond donors (Lipinski definition) is 0. The molecule has 1 aromatic rings. The van der Waals surface area contributed by atoms with Crippen LogP contribution in [0.2, 0.25) is 0 Å². The third-order valence-electron chi connectivity index (χ3n) is 1.52. The summed E-state index contributed by atoms with van der Waals surface area (Å²) in [4.78, 5) is 10.7. The largest absolute Gasteiger partial charge is 0.469 e. The van der Waals surface area contributed by atoms with Crippen LogP contribution in [0.25, 0.3) is 0 Å². The Morgan fingerprint density at radius 2 is 1.93 bits per heavy atom. The first-order valence-electron chi connectivity index (χ1n) is 4.54. The second-order valence-electron chi connectivity index (χ2n) is 2.34. The highest BCUT2D eigenvalue weighted by atomic mass is 19.1. The molecular weight excluding hydrogens is 183 g/mol. The zero-order chi connectivity index (χ0) is 11.0. The maximum absolute atomic E-state index is 12.9. The zero-order valence-corrected chi connectivity index (χ0v) is 8.71. The minimum absolute atomic E-state index is 0.0107. The van der Waals surface area contributed by atoms with Crippen LogP contribution in [0.5, 0.6) is 0 Å². The Bertz CT molecular complexity index is 284. The summed E-state index contributed by atoms with van der Waals surface area (Å²) in [5.74, 6) is -0.803. The van der Waals surface area contributed by atoms with Crippen LogP contribution in [0.3, 0.4) is 0 Å². The smallest absolute Gasteiger partial charge is 0.310 e. The number of ether oxygens (including phenoxy) is 1. The lowest BCUT2D eigenvalue weighted by Gasteiger charge is -2.00. The van der Waals surface area contributed by atoms with Crippen molar-refractivity contribution in [2.75, 3.05) is 7.11 Å². The Hall–Kier alpha value is -1.38. The summed E-state index contributed by atoms with van der Waals surface area (Å²) >= 11 is 0. The van der Waals surface area contributed by atoms with Crippen molar-refractivity contribution in [1.29, 1.82) is 0 Å². The predicted molar refractivity (Wildman–Crippen MR) is 53.5 cm³/mol. The molecule has 78 valence electrons. The Balaban J connectivity index is 0.000000791. The molecule has 0 aliphatic carbocycles. The van der Waals surface area contributed by atoms with Crippen molar-refractivity contribution in [2.45, 2.75) is 20.3 Å². The van der Waals surface area contributed by atoms with Crippen molar-refractivity contribution in [1.82, 2.24) is 0 Å². The fourth-order valence-corrected chi connectivity index (χ4v) is 0.869. The standard InChI is InChI=1S/C9H9FO2.C2H6/c1-12-9(11)6-7-4-2-3-5-8(7)10;1-2/h2-5H,6H2,1H3;1-2H3. The maximum atomic E-state index is 12.9. The van der Waals surface area contributed by atoms with Gasteiger partial charge in [-0.15, -0.1) is 0 Å². The number of methoxy groups -OCH3 is 1. The summed E-state index contributed by atoms with van der Waals surface area (Å²) in [5, 5.41) is 0. The molecule has 3 heteroatoms. The molecule has 0 bridgehead atoms. The quantitative estimate of drug-likeness (QED) is 0.683. The summed E-state index contributed by atoms with van der Waals surface area (Å²) in [7, 11) is 1.28. The molecule has 0 radical (unpaired) electrons. The molecular formula is C11H15FO2. The van der Waals surface area contributed by atoms with Crippen molar-refractivity contribution in [3.05, 3.63) is 35.6 Å². The fraction of sp³-hybridized carbons (Fsp3) is 0.364. The van der Waals surface area contributed by atoms with Crippen LogP contribution in [0.15, 0.2) is 24.3 Å². The van der Waals surface area contributed by atoms with Crippen LogP contribution in [0.4, 0.5) is 4.39 Å². The van der Waals surface area contributed by atoms with E-state index in [1.54, 1.807) is 18.2 Å². The topological polar surface area (TPSA) is 26.3 Å². The lowest BCUT2D eigenvalue weighted by molar-refractivity contribution is -0.139. The van der Waals surface area contributed by atoms with Crippen LogP contribution >= 0.6 is 0 Å². The molecule has 1 aromatic carbocycles. The van der Waals surface area contributed by atoms with Gasteiger partial charge < -0.3 is 4.74 Å². The second kappa shape index (κ2) is 7.06. The average Bonchev–Trinajstić information content (AvgIpc) is 2.24. The van der Waals surface area contributed by atoms with Gasteiger partial charge in [0.15, 0.2) is 0 Å². The first-order chi connectivity index (χ1) is 6.74. The molecule has 0 fully saturated rings. The number of carbonyl (C=O) groups is 1. The normalized spacial score (nSPS) is 8.57. The first-order valence-corrected chi connectivity index (χ1v) is 4.54. The number of esters is 1. The number of rotatable bonds is 2. The van der Waals surface area contributed by atoms with Crippen molar-refractivity contribution in [3.63, 3.8) is 0 Å². The fourth-order valence-electron chi connectivity index (χ4n) is 0.869. The summed E-state index contributed by atoms with van der Waals surface area (Å²) in [6, 6.07) is 6.14. The Morgan fingerprint density at radius 1 is 1.36 bits per heavy atom. The molecule has 0 N–H and O–H groups in total. The predicted octanol–water partition coefficient (Wildman–Crippen LogP) is 2.57. The van der Waals surface area contributed by atoms with Crippen molar-refractivity contribution in [3.8, 4) is 0 Å². The summed E-state index contributed by atoms with van der Waals surface area (Å²) in [6.07, 6.45) is -0.0107. The third-order valence-corrected chi connectivity index (χ3v) is 1.52. The van der Waals surface area contributed by atoms with Gasteiger partial charge in [0.25, 0.3) is 0 Å². The molecule has 1 rings (SSSR count). The number of benzene rings is 1. The summed E-state index contributed by atoms with van der Waals surface area (Å²) in [5.41, 5.74) is 0.365. The van der Waals surface area contributed by atoms with Gasteiger partial charge in [-0.05, 0) is 11.6 Å². The molecule has 0 aromatic heterocycles. The van der Waals surface area contributed by atoms with E-state index in [0.29, 0.717) is 5.56 Å². The molecule has 0 unspecified atom stereocenters. The van der Waals surface area contributed by atoms with E-state index in [4.69, 9.17) is 0 Å². The minimum Gasteiger partial charge on any atom is -0.469 e. The monoisotopic (exact) mass is 198 g/mol. The van der Waals surface area contributed by atoms with Gasteiger partial charge in [0.1, 0.15) is 5.82 Å². The van der Waals surface area contributed by atoms with Gasteiger partial charge >= 0.3 is 5.97 Å². The minimum atomic E-state index is -0.430. The SMILES string of the molecule is CC.COC(=O)Cc1ccccc1F. The number of hydrogen-bond acceptors (Lipinski definition) is 2. The van der Waals surface area contributed by atoms with E-state index in [-0.39, 0.29) is 12.2 Å². The van der Waals surface area contributed by atoms with Gasteiger partial charge in [-0.1, -0.05) is 32.0 Å². The molecule has 0 heterocycles. The maximum Gasteiger partial charge on any atom is 0.310 e. The number of carbonyl (C=O) groups excluding carboxylic acids is 1. The van der Waals surface area contributed by atoms with Gasteiger partial charge in [-0.2, -0.15) is 0 Å². The second-order valence-corrected chi connectivity index (χ2v) is 2.34. The average molecular weight is 198 g/mol. The molecule has 0 aliphatic rings. The molecule has 0 spiro atoms. The van der Waals surface area contributed by atoms with E-state index in [9.17, 15) is 9.18 Å². The highest BCUT2D eigenvalue weighted by molar-refractivity contribution is 5.72. The first kappa shape index (κ1) is 12.6. The van der Waals surface area contributed by atoms with Gasteiger partial charge in [-0.3, -0.25) is 4.79 Å². The van der Waals surface area contributed by atoms with Crippen LogP contribution in [0.1, 0.15) is 19.4 Å². The molecule has 0 amide bonds. The van der Waals surface area contributed by atoms with Crippen molar-refractivity contribution < 1.29 is 13.9 Å². The van der Waals surface area contributed by atoms with Crippen LogP contribution < -0.4 is 0 Å². The highest BCUT2D eigenvalue weighted by Crippen LogP contribution is 2.07. The lowest BCUT2D eigenvalue weighted by Crippen LogP contribution is -2.05. The van der Waals surface area contributed by atoms with Crippen molar-refractivity contribution in [2.24, 2.45) is 0 Å². The van der Waals surface area contributed by atoms with E-state index in [1.807, 2.05) is 13.8 Å². The zero-order valence-electron chi connectivity index (χ0n) is 8.71. The molecule has 0 saturated carbocycles. The summed E-state index contributed by atoms with van der Waals surface area (Å²) in [6.45, 7) is 4.00. The highest BCUT2D eigenvalue weighted by Gasteiger charge is 2.06. The van der Waals surface area contributed by atoms with Gasteiger partial charge in [0.05, 0.1) is 13.5 Å². The van der Waals surface area contributed by atoms with Crippen LogP contribution in [-0.4, -0.2) is 13.1 Å². The molecule has 2 nitrogen and oxygen atoms in total. The van der Waals surface area contributed by atoms with E-state index in [2.05, 4.69) is 4.74 Å². The third kappa shape index (κ3) is 4.03. The Kier molecular flexibility index (Phi) is 6.37. The van der Waals surface area contributed by atoms with Crippen molar-refractivity contribution >= 4 is 5.97 Å². The Labute approximate surface area is 83.7 Å². The van der Waals surface area contributed by atoms with Gasteiger partial charge in [0.2, 0.25) is 0 Å². The molecule has 0 atom stereocenters. The molecule has 0 saturated heterocycles. The van der Waals surface area contributed by atoms with Crippen LogP contribution in [-0.2, 0) is 16.0 Å². The number of halogens is 1. The summed E-state index contributed by atoms with van der Waals surface area (Å²) < 4.78 is 17.3. The van der Waals surface area contributed by atoms with Gasteiger partial charge in [0, 0.05) is 0 Å². The molecule has 0 aliphatic heterocycles. The molecule has 14 heavy (non-hydrogen) atoms. The lowest BCUT2D eigenvalue weighted by atomic mass is 10.1. The van der Waals surface area contributed by atoms with Crippen LogP contribution in [0, 0.1) is 5.82 Å².